The van der Waals surface area contributed by atoms with Gasteiger partial charge in [0.2, 0.25) is 0 Å². The van der Waals surface area contributed by atoms with Gasteiger partial charge in [0.25, 0.3) is 5.91 Å². The first-order valence-corrected chi connectivity index (χ1v) is 7.67. The Bertz CT molecular complexity index is 661. The van der Waals surface area contributed by atoms with E-state index < -0.39 is 0 Å². The van der Waals surface area contributed by atoms with Crippen LogP contribution in [0.1, 0.15) is 31.4 Å². The average molecular weight is 299 g/mol. The molecule has 3 rings (SSSR count). The Morgan fingerprint density at radius 2 is 2.18 bits per heavy atom. The number of carbonyl (C=O) groups is 1. The molecule has 1 aliphatic carbocycles. The van der Waals surface area contributed by atoms with Crippen molar-refractivity contribution in [1.29, 1.82) is 0 Å². The molecule has 0 radical (unpaired) electrons. The van der Waals surface area contributed by atoms with Crippen LogP contribution in [0.5, 0.6) is 5.75 Å². The van der Waals surface area contributed by atoms with Crippen molar-refractivity contribution in [3.8, 4) is 5.75 Å². The molecule has 0 aliphatic heterocycles. The molecule has 1 unspecified atom stereocenters. The van der Waals surface area contributed by atoms with Gasteiger partial charge < -0.3 is 10.1 Å². The normalized spacial score (nSPS) is 15.4. The summed E-state index contributed by atoms with van der Waals surface area (Å²) in [5.74, 6) is 1.97. The van der Waals surface area contributed by atoms with Crippen LogP contribution < -0.4 is 10.1 Å². The fraction of sp³-hybridized carbons (Fsp3) is 0.412. The average Bonchev–Trinajstić information content (AvgIpc) is 3.26. The maximum absolute atomic E-state index is 12.1. The third kappa shape index (κ3) is 3.30. The zero-order valence-corrected chi connectivity index (χ0v) is 13.0. The first-order valence-electron chi connectivity index (χ1n) is 7.67. The third-order valence-electron chi connectivity index (χ3n) is 4.08. The lowest BCUT2D eigenvalue weighted by molar-refractivity contribution is -0.118. The maximum atomic E-state index is 12.1. The number of hydrogen-bond donors (Lipinski definition) is 1. The summed E-state index contributed by atoms with van der Waals surface area (Å²) in [6.45, 7) is 4.09. The second kappa shape index (κ2) is 6.22. The van der Waals surface area contributed by atoms with Crippen LogP contribution in [0.3, 0.4) is 0 Å². The van der Waals surface area contributed by atoms with Crippen LogP contribution >= 0.6 is 0 Å². The molecule has 1 aliphatic rings. The van der Waals surface area contributed by atoms with Crippen molar-refractivity contribution in [2.75, 3.05) is 11.9 Å². The standard InChI is InChI=1S/C17H21N3O2/c1-12-5-3-4-6-15(12)22-11-17(21)19-16-9-10-18-20(16)13(2)14-7-8-14/h3-6,9-10,13-14H,7-8,11H2,1-2H3,(H,19,21). The summed E-state index contributed by atoms with van der Waals surface area (Å²) in [5, 5.41) is 7.20. The molecule has 1 aromatic carbocycles. The molecule has 1 saturated carbocycles. The Morgan fingerprint density at radius 3 is 2.91 bits per heavy atom. The quantitative estimate of drug-likeness (QED) is 0.891. The fourth-order valence-corrected chi connectivity index (χ4v) is 2.56. The van der Waals surface area contributed by atoms with Crippen molar-refractivity contribution in [2.45, 2.75) is 32.7 Å². The van der Waals surface area contributed by atoms with Gasteiger partial charge in [-0.25, -0.2) is 4.68 Å². The molecule has 0 bridgehead atoms. The van der Waals surface area contributed by atoms with Gasteiger partial charge in [-0.1, -0.05) is 18.2 Å². The number of hydrogen-bond acceptors (Lipinski definition) is 3. The van der Waals surface area contributed by atoms with Crippen LogP contribution in [0.15, 0.2) is 36.5 Å². The van der Waals surface area contributed by atoms with Gasteiger partial charge in [0.15, 0.2) is 6.61 Å². The number of rotatable bonds is 6. The molecular formula is C17H21N3O2. The van der Waals surface area contributed by atoms with Crippen LogP contribution in [-0.2, 0) is 4.79 Å². The summed E-state index contributed by atoms with van der Waals surface area (Å²) >= 11 is 0. The molecule has 1 aromatic heterocycles. The van der Waals surface area contributed by atoms with Crippen molar-refractivity contribution >= 4 is 11.7 Å². The van der Waals surface area contributed by atoms with E-state index >= 15 is 0 Å². The molecule has 1 fully saturated rings. The van der Waals surface area contributed by atoms with E-state index in [9.17, 15) is 4.79 Å². The first-order chi connectivity index (χ1) is 10.6. The highest BCUT2D eigenvalue weighted by Gasteiger charge is 2.30. The van der Waals surface area contributed by atoms with Crippen molar-refractivity contribution in [1.82, 2.24) is 9.78 Å². The van der Waals surface area contributed by atoms with Gasteiger partial charge in [-0.15, -0.1) is 0 Å². The Morgan fingerprint density at radius 1 is 1.41 bits per heavy atom. The second-order valence-corrected chi connectivity index (χ2v) is 5.84. The minimum atomic E-state index is -0.173. The van der Waals surface area contributed by atoms with Gasteiger partial charge in [-0.2, -0.15) is 5.10 Å². The molecule has 0 spiro atoms. The lowest BCUT2D eigenvalue weighted by Crippen LogP contribution is -2.23. The molecule has 1 amide bonds. The number of aryl methyl sites for hydroxylation is 1. The van der Waals surface area contributed by atoms with Crippen molar-refractivity contribution in [2.24, 2.45) is 5.92 Å². The number of carbonyl (C=O) groups excluding carboxylic acids is 1. The Hall–Kier alpha value is -2.30. The van der Waals surface area contributed by atoms with E-state index in [0.717, 1.165) is 17.1 Å². The Kier molecular flexibility index (Phi) is 4.13. The molecule has 5 heteroatoms. The molecule has 5 nitrogen and oxygen atoms in total. The number of aromatic nitrogens is 2. The van der Waals surface area contributed by atoms with E-state index in [4.69, 9.17) is 4.74 Å². The zero-order chi connectivity index (χ0) is 15.5. The predicted molar refractivity (Wildman–Crippen MR) is 85.0 cm³/mol. The number of anilines is 1. The number of benzene rings is 1. The smallest absolute Gasteiger partial charge is 0.263 e. The lowest BCUT2D eigenvalue weighted by Gasteiger charge is -2.15. The fourth-order valence-electron chi connectivity index (χ4n) is 2.56. The van der Waals surface area contributed by atoms with Gasteiger partial charge in [0.05, 0.1) is 12.2 Å². The number of nitrogens with one attached hydrogen (secondary N) is 1. The highest BCUT2D eigenvalue weighted by molar-refractivity contribution is 5.91. The van der Waals surface area contributed by atoms with Crippen molar-refractivity contribution in [3.05, 3.63) is 42.1 Å². The van der Waals surface area contributed by atoms with Crippen molar-refractivity contribution in [3.63, 3.8) is 0 Å². The van der Waals surface area contributed by atoms with Gasteiger partial charge >= 0.3 is 0 Å². The molecule has 2 aromatic rings. The molecule has 116 valence electrons. The van der Waals surface area contributed by atoms with Gasteiger partial charge in [0, 0.05) is 6.07 Å². The third-order valence-corrected chi connectivity index (χ3v) is 4.08. The van der Waals surface area contributed by atoms with Gasteiger partial charge in [0.1, 0.15) is 11.6 Å². The molecule has 1 heterocycles. The van der Waals surface area contributed by atoms with Crippen LogP contribution in [0, 0.1) is 12.8 Å². The highest BCUT2D eigenvalue weighted by Crippen LogP contribution is 2.40. The lowest BCUT2D eigenvalue weighted by atomic mass is 10.2. The second-order valence-electron chi connectivity index (χ2n) is 5.84. The largest absolute Gasteiger partial charge is 0.483 e. The summed E-state index contributed by atoms with van der Waals surface area (Å²) in [5.41, 5.74) is 1.02. The molecule has 1 atom stereocenters. The predicted octanol–water partition coefficient (Wildman–Crippen LogP) is 3.18. The summed E-state index contributed by atoms with van der Waals surface area (Å²) < 4.78 is 7.46. The molecular weight excluding hydrogens is 278 g/mol. The monoisotopic (exact) mass is 299 g/mol. The number of amides is 1. The molecule has 1 N–H and O–H groups in total. The number of para-hydroxylation sites is 1. The summed E-state index contributed by atoms with van der Waals surface area (Å²) in [7, 11) is 0. The summed E-state index contributed by atoms with van der Waals surface area (Å²) in [6.07, 6.45) is 4.20. The van der Waals surface area contributed by atoms with Crippen LogP contribution in [0.4, 0.5) is 5.82 Å². The van der Waals surface area contributed by atoms with Crippen LogP contribution in [-0.4, -0.2) is 22.3 Å². The molecule has 0 saturated heterocycles. The van der Waals surface area contributed by atoms with E-state index in [2.05, 4.69) is 17.3 Å². The van der Waals surface area contributed by atoms with E-state index in [1.807, 2.05) is 41.9 Å². The van der Waals surface area contributed by atoms with E-state index in [1.54, 1.807) is 6.20 Å². The van der Waals surface area contributed by atoms with Crippen molar-refractivity contribution < 1.29 is 9.53 Å². The minimum absolute atomic E-state index is 0.00611. The van der Waals surface area contributed by atoms with E-state index in [1.165, 1.54) is 12.8 Å². The topological polar surface area (TPSA) is 56.1 Å². The summed E-state index contributed by atoms with van der Waals surface area (Å²) in [4.78, 5) is 12.1. The van der Waals surface area contributed by atoms with Gasteiger partial charge in [-0.05, 0) is 44.2 Å². The summed E-state index contributed by atoms with van der Waals surface area (Å²) in [6, 6.07) is 9.81. The van der Waals surface area contributed by atoms with Crippen LogP contribution in [0.2, 0.25) is 0 Å². The SMILES string of the molecule is Cc1ccccc1OCC(=O)Nc1ccnn1C(C)C1CC1. The minimum Gasteiger partial charge on any atom is -0.483 e. The Balaban J connectivity index is 1.58. The zero-order valence-electron chi connectivity index (χ0n) is 13.0. The van der Waals surface area contributed by atoms with Crippen LogP contribution in [0.25, 0.3) is 0 Å². The Labute approximate surface area is 130 Å². The highest BCUT2D eigenvalue weighted by atomic mass is 16.5. The first kappa shape index (κ1) is 14.6. The van der Waals surface area contributed by atoms with E-state index in [0.29, 0.717) is 12.0 Å². The maximum Gasteiger partial charge on any atom is 0.263 e. The number of ether oxygens (including phenoxy) is 1. The van der Waals surface area contributed by atoms with Gasteiger partial charge in [-0.3, -0.25) is 4.79 Å². The van der Waals surface area contributed by atoms with E-state index in [-0.39, 0.29) is 12.5 Å². The number of nitrogens with zero attached hydrogens (tertiary/aromatic N) is 2. The molecule has 22 heavy (non-hydrogen) atoms.